The highest BCUT2D eigenvalue weighted by Crippen LogP contribution is 2.17. The minimum absolute atomic E-state index is 0.115. The minimum Gasteiger partial charge on any atom is -0.493 e. The molecule has 1 aliphatic heterocycles. The number of benzene rings is 1. The second kappa shape index (κ2) is 6.36. The summed E-state index contributed by atoms with van der Waals surface area (Å²) in [6.45, 7) is 0.940. The fraction of sp³-hybridized carbons (Fsp3) is 0.429. The Morgan fingerprint density at radius 1 is 1.35 bits per heavy atom. The summed E-state index contributed by atoms with van der Waals surface area (Å²) in [5.74, 6) is -1.27. The minimum atomic E-state index is -0.858. The molecule has 1 aromatic rings. The van der Waals surface area contributed by atoms with E-state index in [0.717, 1.165) is 0 Å². The van der Waals surface area contributed by atoms with Gasteiger partial charge in [-0.15, -0.1) is 0 Å². The predicted molar refractivity (Wildman–Crippen MR) is 68.8 cm³/mol. The lowest BCUT2D eigenvalue weighted by Crippen LogP contribution is -2.30. The van der Waals surface area contributed by atoms with Gasteiger partial charge in [-0.05, 0) is 30.7 Å². The van der Waals surface area contributed by atoms with Gasteiger partial charge in [-0.1, -0.05) is 0 Å². The van der Waals surface area contributed by atoms with Crippen LogP contribution in [0.15, 0.2) is 24.3 Å². The molecule has 1 unspecified atom stereocenters. The number of carboxylic acids is 1. The van der Waals surface area contributed by atoms with E-state index in [1.165, 1.54) is 24.3 Å². The van der Waals surface area contributed by atoms with Crippen LogP contribution in [0.25, 0.3) is 0 Å². The van der Waals surface area contributed by atoms with Gasteiger partial charge in [0, 0.05) is 13.1 Å². The van der Waals surface area contributed by atoms with Crippen molar-refractivity contribution in [3.05, 3.63) is 30.1 Å². The number of rotatable bonds is 5. The Bertz CT molecular complexity index is 488. The van der Waals surface area contributed by atoms with E-state index in [-0.39, 0.29) is 31.3 Å². The molecule has 0 aromatic heterocycles. The van der Waals surface area contributed by atoms with Gasteiger partial charge >= 0.3 is 5.97 Å². The van der Waals surface area contributed by atoms with E-state index in [2.05, 4.69) is 0 Å². The molecule has 108 valence electrons. The van der Waals surface area contributed by atoms with Crippen molar-refractivity contribution in [1.29, 1.82) is 0 Å². The molecule has 1 N–H and O–H groups in total. The van der Waals surface area contributed by atoms with Gasteiger partial charge in [-0.25, -0.2) is 4.39 Å². The van der Waals surface area contributed by atoms with Crippen LogP contribution in [0.5, 0.6) is 5.75 Å². The maximum atomic E-state index is 12.7. The van der Waals surface area contributed by atoms with Gasteiger partial charge in [0.25, 0.3) is 0 Å². The Kier molecular flexibility index (Phi) is 4.55. The molecule has 20 heavy (non-hydrogen) atoms. The predicted octanol–water partition coefficient (Wildman–Crippen LogP) is 1.53. The number of nitrogens with zero attached hydrogens (tertiary/aromatic N) is 1. The van der Waals surface area contributed by atoms with Crippen LogP contribution in [0, 0.1) is 11.7 Å². The zero-order valence-electron chi connectivity index (χ0n) is 10.9. The molecule has 1 aromatic carbocycles. The first kappa shape index (κ1) is 14.3. The first-order valence-electron chi connectivity index (χ1n) is 6.45. The quantitative estimate of drug-likeness (QED) is 0.888. The maximum absolute atomic E-state index is 12.7. The van der Waals surface area contributed by atoms with Crippen molar-refractivity contribution in [2.75, 3.05) is 19.7 Å². The molecule has 0 aliphatic carbocycles. The fourth-order valence-corrected chi connectivity index (χ4v) is 2.13. The Morgan fingerprint density at radius 3 is 2.65 bits per heavy atom. The average molecular weight is 281 g/mol. The van der Waals surface area contributed by atoms with Gasteiger partial charge in [-0.2, -0.15) is 0 Å². The molecule has 6 heteroatoms. The third-order valence-electron chi connectivity index (χ3n) is 3.29. The van der Waals surface area contributed by atoms with Crippen molar-refractivity contribution >= 4 is 11.9 Å². The number of carbonyl (C=O) groups is 2. The molecule has 0 bridgehead atoms. The van der Waals surface area contributed by atoms with Gasteiger partial charge in [0.15, 0.2) is 0 Å². The molecule has 1 heterocycles. The second-order valence-electron chi connectivity index (χ2n) is 4.72. The van der Waals surface area contributed by atoms with Crippen LogP contribution >= 0.6 is 0 Å². The monoisotopic (exact) mass is 281 g/mol. The van der Waals surface area contributed by atoms with Crippen LogP contribution < -0.4 is 4.74 Å². The number of hydrogen-bond donors (Lipinski definition) is 1. The third kappa shape index (κ3) is 3.69. The van der Waals surface area contributed by atoms with E-state index in [4.69, 9.17) is 9.84 Å². The highest BCUT2D eigenvalue weighted by molar-refractivity contribution is 5.78. The summed E-state index contributed by atoms with van der Waals surface area (Å²) in [7, 11) is 0. The Morgan fingerprint density at radius 2 is 2.05 bits per heavy atom. The summed E-state index contributed by atoms with van der Waals surface area (Å²) in [5.41, 5.74) is 0. The summed E-state index contributed by atoms with van der Waals surface area (Å²) in [5, 5.41) is 8.87. The van der Waals surface area contributed by atoms with E-state index in [1.807, 2.05) is 0 Å². The van der Waals surface area contributed by atoms with Gasteiger partial charge < -0.3 is 14.7 Å². The van der Waals surface area contributed by atoms with Gasteiger partial charge in [0.05, 0.1) is 18.9 Å². The average Bonchev–Trinajstić information content (AvgIpc) is 2.91. The molecule has 2 rings (SSSR count). The van der Waals surface area contributed by atoms with Crippen LogP contribution in [0.3, 0.4) is 0 Å². The van der Waals surface area contributed by atoms with Gasteiger partial charge in [0.2, 0.25) is 5.91 Å². The molecule has 1 saturated heterocycles. The highest BCUT2D eigenvalue weighted by atomic mass is 19.1. The van der Waals surface area contributed by atoms with Crippen molar-refractivity contribution < 1.29 is 23.8 Å². The summed E-state index contributed by atoms with van der Waals surface area (Å²) in [4.78, 5) is 24.2. The van der Waals surface area contributed by atoms with E-state index in [9.17, 15) is 14.0 Å². The molecule has 0 saturated carbocycles. The molecule has 1 aliphatic rings. The summed E-state index contributed by atoms with van der Waals surface area (Å²) in [6, 6.07) is 5.57. The lowest BCUT2D eigenvalue weighted by molar-refractivity contribution is -0.141. The van der Waals surface area contributed by atoms with Crippen LogP contribution in [0.1, 0.15) is 12.8 Å². The molecule has 1 atom stereocenters. The maximum Gasteiger partial charge on any atom is 0.308 e. The molecule has 1 fully saturated rings. The highest BCUT2D eigenvalue weighted by Gasteiger charge is 2.30. The molecular formula is C14H16FNO4. The lowest BCUT2D eigenvalue weighted by Gasteiger charge is -2.15. The molecule has 1 amide bonds. The van der Waals surface area contributed by atoms with Crippen molar-refractivity contribution in [2.45, 2.75) is 12.8 Å². The lowest BCUT2D eigenvalue weighted by atomic mass is 10.1. The standard InChI is InChI=1S/C14H16FNO4/c15-11-1-3-12(4-2-11)20-8-6-13(17)16-7-5-10(9-16)14(18)19/h1-4,10H,5-9H2,(H,18,19). The summed E-state index contributed by atoms with van der Waals surface area (Å²) in [6.07, 6.45) is 0.684. The fourth-order valence-electron chi connectivity index (χ4n) is 2.13. The van der Waals surface area contributed by atoms with Gasteiger partial charge in [0.1, 0.15) is 11.6 Å². The van der Waals surface area contributed by atoms with E-state index in [0.29, 0.717) is 18.7 Å². The number of carboxylic acid groups (broad SMARTS) is 1. The molecule has 0 spiro atoms. The summed E-state index contributed by atoms with van der Waals surface area (Å²) >= 11 is 0. The number of carbonyl (C=O) groups excluding carboxylic acids is 1. The van der Waals surface area contributed by atoms with Crippen molar-refractivity contribution in [3.63, 3.8) is 0 Å². The Labute approximate surface area is 116 Å². The Hall–Kier alpha value is -2.11. The van der Waals surface area contributed by atoms with Crippen LogP contribution in [-0.2, 0) is 9.59 Å². The van der Waals surface area contributed by atoms with E-state index >= 15 is 0 Å². The first-order valence-corrected chi connectivity index (χ1v) is 6.45. The van der Waals surface area contributed by atoms with Crippen molar-refractivity contribution in [1.82, 2.24) is 4.90 Å². The van der Waals surface area contributed by atoms with Crippen LogP contribution in [0.4, 0.5) is 4.39 Å². The number of halogens is 1. The zero-order chi connectivity index (χ0) is 14.5. The Balaban J connectivity index is 1.73. The second-order valence-corrected chi connectivity index (χ2v) is 4.72. The molecule has 0 radical (unpaired) electrons. The number of ether oxygens (including phenoxy) is 1. The molecule has 5 nitrogen and oxygen atoms in total. The van der Waals surface area contributed by atoms with Gasteiger partial charge in [-0.3, -0.25) is 9.59 Å². The van der Waals surface area contributed by atoms with E-state index < -0.39 is 11.9 Å². The number of hydrogen-bond acceptors (Lipinski definition) is 3. The largest absolute Gasteiger partial charge is 0.493 e. The number of aliphatic carboxylic acids is 1. The van der Waals surface area contributed by atoms with E-state index in [1.54, 1.807) is 4.90 Å². The van der Waals surface area contributed by atoms with Crippen molar-refractivity contribution in [2.24, 2.45) is 5.92 Å². The number of likely N-dealkylation sites (tertiary alicyclic amines) is 1. The SMILES string of the molecule is O=C(O)C1CCN(C(=O)CCOc2ccc(F)cc2)C1. The first-order chi connectivity index (χ1) is 9.56. The van der Waals surface area contributed by atoms with Crippen molar-refractivity contribution in [3.8, 4) is 5.75 Å². The zero-order valence-corrected chi connectivity index (χ0v) is 10.9. The molecular weight excluding hydrogens is 265 g/mol. The third-order valence-corrected chi connectivity index (χ3v) is 3.29. The topological polar surface area (TPSA) is 66.8 Å². The van der Waals surface area contributed by atoms with Crippen LogP contribution in [-0.4, -0.2) is 41.6 Å². The normalized spacial score (nSPS) is 18.1. The number of amides is 1. The smallest absolute Gasteiger partial charge is 0.308 e. The summed E-state index contributed by atoms with van der Waals surface area (Å²) < 4.78 is 18.0. The van der Waals surface area contributed by atoms with Crippen LogP contribution in [0.2, 0.25) is 0 Å².